The first-order valence-electron chi connectivity index (χ1n) is 18.4. The minimum atomic E-state index is -5.01. The third-order valence-electron chi connectivity index (χ3n) is 9.27. The van der Waals surface area contributed by atoms with Crippen molar-refractivity contribution in [3.63, 3.8) is 0 Å². The fourth-order valence-corrected chi connectivity index (χ4v) is 8.97. The molecule has 0 unspecified atom stereocenters. The Labute approximate surface area is 379 Å². The zero-order chi connectivity index (χ0) is 48.3. The van der Waals surface area contributed by atoms with Crippen LogP contribution in [0.3, 0.4) is 0 Å². The van der Waals surface area contributed by atoms with E-state index >= 15 is 0 Å². The van der Waals surface area contributed by atoms with Crippen LogP contribution >= 0.6 is 34.4 Å². The molecular weight excluding hydrogens is 943 g/mol. The van der Waals surface area contributed by atoms with E-state index in [1.807, 2.05) is 22.8 Å². The number of aliphatic carboxylic acids is 3. The molecule has 6 rings (SSSR count). The molecule has 26 nitrogen and oxygen atoms in total. The van der Waals surface area contributed by atoms with Crippen molar-refractivity contribution >= 4 is 108 Å². The van der Waals surface area contributed by atoms with Crippen LogP contribution in [0.4, 0.5) is 10.3 Å². The molecule has 0 radical (unpaired) electrons. The molecule has 0 aliphatic carbocycles. The fraction of sp³-hybridized carbons (Fsp3) is 0.371. The fourth-order valence-electron chi connectivity index (χ4n) is 5.68. The van der Waals surface area contributed by atoms with Crippen LogP contribution < -0.4 is 26.7 Å². The third-order valence-corrected chi connectivity index (χ3v) is 13.0. The molecule has 4 amide bonds. The van der Waals surface area contributed by atoms with Crippen molar-refractivity contribution in [2.75, 3.05) is 17.2 Å². The van der Waals surface area contributed by atoms with E-state index in [4.69, 9.17) is 26.2 Å². The summed E-state index contributed by atoms with van der Waals surface area (Å²) < 4.78 is 35.0. The minimum absolute atomic E-state index is 0.0365. The van der Waals surface area contributed by atoms with Crippen LogP contribution in [-0.4, -0.2) is 141 Å². The number of nitrogens with two attached hydrogens (primary N) is 2. The molecule has 348 valence electrons. The number of nitrogens with one attached hydrogen (secondary N) is 2. The number of carbonyl (C=O) groups is 7. The minimum Gasteiger partial charge on any atom is -0.731 e. The molecular formula is C35H39N11O15S4. The Balaban J connectivity index is 0.000000254. The Kier molecular flexibility index (Phi) is 14.5. The van der Waals surface area contributed by atoms with Crippen LogP contribution in [0.5, 0.6) is 0 Å². The number of β-lactam (4-membered cyclic amide) rings is 2. The number of amides is 4. The van der Waals surface area contributed by atoms with Gasteiger partial charge in [0.1, 0.15) is 34.5 Å². The van der Waals surface area contributed by atoms with Gasteiger partial charge >= 0.3 is 17.9 Å². The lowest BCUT2D eigenvalue weighted by atomic mass is 10.0. The normalized spacial score (nSPS) is 20.0. The average molecular weight is 982 g/mol. The van der Waals surface area contributed by atoms with E-state index < -0.39 is 92.3 Å². The van der Waals surface area contributed by atoms with Crippen molar-refractivity contribution in [1.82, 2.24) is 29.8 Å². The van der Waals surface area contributed by atoms with Crippen molar-refractivity contribution in [1.29, 1.82) is 0 Å². The lowest BCUT2D eigenvalue weighted by Gasteiger charge is -2.49. The van der Waals surface area contributed by atoms with Gasteiger partial charge in [0.25, 0.3) is 23.6 Å². The first kappa shape index (κ1) is 49.3. The van der Waals surface area contributed by atoms with E-state index in [1.165, 1.54) is 62.0 Å². The SMILES string of the molecule is CC(C)(O/N=C(\C(=O)N[C@@H]1C(=O)N2C(C(=O)O)=C(C[n+]3ccccc3)CS[C@H]12)c1csc(N)n1)C(=O)O.C[C@H]1[C@H](NC(=O)/C(=N\OC(C)(C)C(=O)O)c2csc(N)n2)C(=O)N1S(=O)(=O)[O-]. The second-order valence-electron chi connectivity index (χ2n) is 14.8. The zero-order valence-electron chi connectivity index (χ0n) is 34.4. The first-order chi connectivity index (χ1) is 30.2. The number of carboxylic acids is 3. The summed E-state index contributed by atoms with van der Waals surface area (Å²) in [5.74, 6) is -7.12. The van der Waals surface area contributed by atoms with E-state index in [-0.39, 0.29) is 37.4 Å². The number of thioether (sulfide) groups is 1. The van der Waals surface area contributed by atoms with Gasteiger partial charge in [-0.1, -0.05) is 16.4 Å². The number of rotatable bonds is 16. The van der Waals surface area contributed by atoms with Gasteiger partial charge in [0.2, 0.25) is 11.2 Å². The van der Waals surface area contributed by atoms with E-state index in [9.17, 15) is 56.7 Å². The van der Waals surface area contributed by atoms with Gasteiger partial charge in [-0.3, -0.25) is 24.1 Å². The molecule has 3 aliphatic heterocycles. The second kappa shape index (κ2) is 19.1. The van der Waals surface area contributed by atoms with Gasteiger partial charge in [-0.05, 0) is 34.6 Å². The van der Waals surface area contributed by atoms with Crippen molar-refractivity contribution in [3.05, 3.63) is 64.0 Å². The number of nitrogens with zero attached hydrogens (tertiary/aromatic N) is 7. The lowest BCUT2D eigenvalue weighted by Crippen LogP contribution is -2.71. The topological polar surface area (TPSA) is 393 Å². The van der Waals surface area contributed by atoms with Gasteiger partial charge in [0.15, 0.2) is 50.9 Å². The highest BCUT2D eigenvalue weighted by molar-refractivity contribution is 8.00. The third kappa shape index (κ3) is 11.0. The van der Waals surface area contributed by atoms with Crippen LogP contribution in [0.1, 0.15) is 46.0 Å². The van der Waals surface area contributed by atoms with E-state index in [0.29, 0.717) is 17.9 Å². The van der Waals surface area contributed by atoms with Crippen molar-refractivity contribution in [3.8, 4) is 0 Å². The van der Waals surface area contributed by atoms with Gasteiger partial charge in [0.05, 0.1) is 6.04 Å². The summed E-state index contributed by atoms with van der Waals surface area (Å²) >= 11 is 3.33. The number of nitrogen functional groups attached to an aromatic ring is 2. The van der Waals surface area contributed by atoms with Gasteiger partial charge in [-0.15, -0.1) is 34.4 Å². The number of hydrogen-bond acceptors (Lipinski definition) is 21. The molecule has 0 saturated carbocycles. The summed E-state index contributed by atoms with van der Waals surface area (Å²) in [5.41, 5.74) is 7.25. The molecule has 3 aliphatic rings. The second-order valence-corrected chi connectivity index (χ2v) is 18.9. The molecule has 9 N–H and O–H groups in total. The van der Waals surface area contributed by atoms with Crippen LogP contribution in [0.25, 0.3) is 0 Å². The van der Waals surface area contributed by atoms with E-state index in [2.05, 4.69) is 30.9 Å². The van der Waals surface area contributed by atoms with Crippen molar-refractivity contribution in [2.24, 2.45) is 10.3 Å². The Bertz CT molecular complexity index is 2630. The molecule has 0 spiro atoms. The van der Waals surface area contributed by atoms with Crippen LogP contribution in [0, 0.1) is 0 Å². The van der Waals surface area contributed by atoms with Gasteiger partial charge in [0, 0.05) is 34.2 Å². The number of carbonyl (C=O) groups excluding carboxylic acids is 4. The molecule has 2 fully saturated rings. The maximum atomic E-state index is 13.1. The summed E-state index contributed by atoms with van der Waals surface area (Å²) in [4.78, 5) is 104. The predicted molar refractivity (Wildman–Crippen MR) is 226 cm³/mol. The highest BCUT2D eigenvalue weighted by Crippen LogP contribution is 2.40. The summed E-state index contributed by atoms with van der Waals surface area (Å²) in [6.07, 6.45) is 3.59. The molecule has 0 aromatic carbocycles. The lowest BCUT2D eigenvalue weighted by molar-refractivity contribution is -0.689. The quantitative estimate of drug-likeness (QED) is 0.0283. The number of pyridine rings is 1. The predicted octanol–water partition coefficient (Wildman–Crippen LogP) is -1.48. The van der Waals surface area contributed by atoms with Gasteiger partial charge in [-0.2, -0.15) is 0 Å². The number of aromatic nitrogens is 3. The van der Waals surface area contributed by atoms with Crippen LogP contribution in [0.2, 0.25) is 0 Å². The van der Waals surface area contributed by atoms with E-state index in [1.54, 1.807) is 12.4 Å². The Hall–Kier alpha value is -6.76. The standard InChI is InChI=1S/C22H22N6O7S2.C13H17N5O8S2/c1-22(2,20(33)34)35-26-13(12-10-37-21(23)24-12)16(29)25-14-17(30)28-15(19(31)32)11(9-36-18(14)28)8-27-6-4-3-5-7-27;1-5-7(10(20)18(5)28(23,24)25)16-9(19)8(6-4-27-12(14)15-6)17-26-13(2,3)11(21)22/h3-7,10,14,18H,8-9H2,1-2H3,(H4-,23,24,25,29,31,32,33,34);4-5,7H,1-3H3,(H2,14,15)(H,16,19)(H,21,22)(H,23,24,25)/b26-13-;17-8-/t14-,18-;5-,7-/m10/s1. The summed E-state index contributed by atoms with van der Waals surface area (Å²) in [6.45, 7) is 6.43. The summed E-state index contributed by atoms with van der Waals surface area (Å²) in [6, 6.07) is 2.02. The number of hydrogen-bond donors (Lipinski definition) is 7. The Morgan fingerprint density at radius 1 is 0.862 bits per heavy atom. The molecule has 2 saturated heterocycles. The van der Waals surface area contributed by atoms with Crippen molar-refractivity contribution < 1.29 is 76.1 Å². The molecule has 4 atom stereocenters. The summed E-state index contributed by atoms with van der Waals surface area (Å²) in [5, 5.41) is 42.6. The maximum Gasteiger partial charge on any atom is 0.352 e. The Morgan fingerprint density at radius 2 is 1.34 bits per heavy atom. The van der Waals surface area contributed by atoms with Crippen LogP contribution in [0.15, 0.2) is 62.9 Å². The monoisotopic (exact) mass is 981 g/mol. The molecule has 3 aromatic heterocycles. The molecule has 3 aromatic rings. The van der Waals surface area contributed by atoms with Crippen LogP contribution in [-0.2, 0) is 60.1 Å². The molecule has 0 bridgehead atoms. The van der Waals surface area contributed by atoms with Crippen molar-refractivity contribution in [2.45, 2.75) is 75.9 Å². The van der Waals surface area contributed by atoms with Gasteiger partial charge < -0.3 is 51.6 Å². The number of thiazole rings is 2. The first-order valence-corrected chi connectivity index (χ1v) is 22.6. The average Bonchev–Trinajstić information content (AvgIpc) is 3.86. The molecule has 6 heterocycles. The molecule has 30 heteroatoms. The smallest absolute Gasteiger partial charge is 0.352 e. The highest BCUT2D eigenvalue weighted by atomic mass is 32.2. The number of carboxylic acid groups (broad SMARTS) is 3. The Morgan fingerprint density at radius 3 is 1.74 bits per heavy atom. The van der Waals surface area contributed by atoms with Gasteiger partial charge in [-0.25, -0.2) is 41.6 Å². The highest BCUT2D eigenvalue weighted by Gasteiger charge is 2.55. The summed E-state index contributed by atoms with van der Waals surface area (Å²) in [7, 11) is -5.01. The largest absolute Gasteiger partial charge is 0.731 e. The zero-order valence-corrected chi connectivity index (χ0v) is 37.7. The number of fused-ring (bicyclic) bond motifs is 1. The maximum absolute atomic E-state index is 13.1. The number of oxime groups is 2. The number of anilines is 2. The van der Waals surface area contributed by atoms with E-state index in [0.717, 1.165) is 22.7 Å². The molecule has 65 heavy (non-hydrogen) atoms.